The maximum absolute atomic E-state index is 13.2. The molecular formula is C24H27F3N4O2. The number of alkyl halides is 3. The van der Waals surface area contributed by atoms with E-state index in [4.69, 9.17) is 0 Å². The summed E-state index contributed by atoms with van der Waals surface area (Å²) in [5.74, 6) is -0.0200. The van der Waals surface area contributed by atoms with Crippen molar-refractivity contribution in [2.75, 3.05) is 42.5 Å². The minimum Gasteiger partial charge on any atom is -0.355 e. The van der Waals surface area contributed by atoms with Crippen molar-refractivity contribution in [3.8, 4) is 0 Å². The summed E-state index contributed by atoms with van der Waals surface area (Å²) in [7, 11) is 0. The molecule has 2 amide bonds. The Bertz CT molecular complexity index is 1040. The molecule has 6 nitrogen and oxygen atoms in total. The maximum atomic E-state index is 13.2. The normalized spacial score (nSPS) is 19.7. The number of aromatic nitrogens is 1. The highest BCUT2D eigenvalue weighted by molar-refractivity contribution is 6.01. The van der Waals surface area contributed by atoms with E-state index in [0.29, 0.717) is 45.0 Å². The molecule has 0 N–H and O–H groups in total. The van der Waals surface area contributed by atoms with Crippen molar-refractivity contribution in [1.82, 2.24) is 9.88 Å². The van der Waals surface area contributed by atoms with Crippen LogP contribution in [0.2, 0.25) is 0 Å². The second kappa shape index (κ2) is 9.03. The second-order valence-electron chi connectivity index (χ2n) is 8.69. The lowest BCUT2D eigenvalue weighted by Gasteiger charge is -2.25. The zero-order valence-electron chi connectivity index (χ0n) is 18.7. The van der Waals surface area contributed by atoms with Crippen LogP contribution in [0.3, 0.4) is 0 Å². The molecule has 0 saturated carbocycles. The van der Waals surface area contributed by atoms with Gasteiger partial charge < -0.3 is 14.7 Å². The molecule has 33 heavy (non-hydrogen) atoms. The largest absolute Gasteiger partial charge is 0.417 e. The number of carbonyl (C=O) groups excluding carboxylic acids is 2. The molecule has 2 fully saturated rings. The van der Waals surface area contributed by atoms with Crippen molar-refractivity contribution >= 4 is 23.3 Å². The summed E-state index contributed by atoms with van der Waals surface area (Å²) < 4.78 is 38.4. The molecule has 4 rings (SSSR count). The predicted octanol–water partition coefficient (Wildman–Crippen LogP) is 3.81. The molecule has 1 aromatic carbocycles. The minimum absolute atomic E-state index is 0.0432. The first-order valence-electron chi connectivity index (χ1n) is 11.1. The van der Waals surface area contributed by atoms with Crippen LogP contribution in [-0.2, 0) is 15.8 Å². The number of amides is 2. The Labute approximate surface area is 191 Å². The van der Waals surface area contributed by atoms with Crippen LogP contribution < -0.4 is 9.80 Å². The molecule has 0 aliphatic carbocycles. The number of halogens is 3. The number of pyridine rings is 1. The zero-order chi connectivity index (χ0) is 23.8. The van der Waals surface area contributed by atoms with Crippen LogP contribution in [0, 0.1) is 19.8 Å². The van der Waals surface area contributed by atoms with Gasteiger partial charge in [0.05, 0.1) is 11.5 Å². The first kappa shape index (κ1) is 23.1. The van der Waals surface area contributed by atoms with E-state index in [-0.39, 0.29) is 18.2 Å². The lowest BCUT2D eigenvalue weighted by Crippen LogP contribution is -2.40. The third kappa shape index (κ3) is 4.82. The molecule has 3 heterocycles. The summed E-state index contributed by atoms with van der Waals surface area (Å²) >= 11 is 0. The molecule has 2 saturated heterocycles. The van der Waals surface area contributed by atoms with E-state index in [1.54, 1.807) is 9.80 Å². The zero-order valence-corrected chi connectivity index (χ0v) is 18.7. The summed E-state index contributed by atoms with van der Waals surface area (Å²) in [5.41, 5.74) is 2.20. The first-order chi connectivity index (χ1) is 15.6. The van der Waals surface area contributed by atoms with Crippen molar-refractivity contribution in [1.29, 1.82) is 0 Å². The third-order valence-corrected chi connectivity index (χ3v) is 6.55. The minimum atomic E-state index is -4.42. The molecule has 2 aliphatic rings. The summed E-state index contributed by atoms with van der Waals surface area (Å²) in [6, 6.07) is 8.23. The smallest absolute Gasteiger partial charge is 0.355 e. The molecule has 0 spiro atoms. The lowest BCUT2D eigenvalue weighted by molar-refractivity contribution is -0.138. The number of hydrogen-bond donors (Lipinski definition) is 0. The van der Waals surface area contributed by atoms with Crippen LogP contribution in [0.1, 0.15) is 29.5 Å². The summed E-state index contributed by atoms with van der Waals surface area (Å²) in [6.07, 6.45) is -2.71. The Morgan fingerprint density at radius 1 is 1.06 bits per heavy atom. The maximum Gasteiger partial charge on any atom is 0.417 e. The van der Waals surface area contributed by atoms with Crippen molar-refractivity contribution in [2.45, 2.75) is 32.9 Å². The number of hydrogen-bond acceptors (Lipinski definition) is 4. The van der Waals surface area contributed by atoms with Crippen LogP contribution in [-0.4, -0.2) is 54.4 Å². The van der Waals surface area contributed by atoms with Gasteiger partial charge in [-0.05, 0) is 49.6 Å². The van der Waals surface area contributed by atoms with Gasteiger partial charge in [0.15, 0.2) is 0 Å². The SMILES string of the molecule is Cc1cccc(N2C[C@H](C(=O)N3CCCN(c4ccc(C(F)(F)F)cn4)CC3)CC2=O)c1C. The summed E-state index contributed by atoms with van der Waals surface area (Å²) in [5, 5.41) is 0. The van der Waals surface area contributed by atoms with Crippen LogP contribution in [0.25, 0.3) is 0 Å². The van der Waals surface area contributed by atoms with E-state index in [9.17, 15) is 22.8 Å². The molecule has 9 heteroatoms. The fourth-order valence-corrected chi connectivity index (χ4v) is 4.50. The van der Waals surface area contributed by atoms with Gasteiger partial charge in [-0.1, -0.05) is 12.1 Å². The highest BCUT2D eigenvalue weighted by Gasteiger charge is 2.38. The Morgan fingerprint density at radius 3 is 2.55 bits per heavy atom. The fraction of sp³-hybridized carbons (Fsp3) is 0.458. The molecule has 2 aliphatic heterocycles. The lowest BCUT2D eigenvalue weighted by atomic mass is 10.1. The van der Waals surface area contributed by atoms with Gasteiger partial charge in [-0.2, -0.15) is 13.2 Å². The Hall–Kier alpha value is -3.10. The van der Waals surface area contributed by atoms with Gasteiger partial charge in [0.25, 0.3) is 0 Å². The van der Waals surface area contributed by atoms with E-state index >= 15 is 0 Å². The van der Waals surface area contributed by atoms with Gasteiger partial charge in [0.1, 0.15) is 5.82 Å². The van der Waals surface area contributed by atoms with Crippen LogP contribution in [0.15, 0.2) is 36.5 Å². The van der Waals surface area contributed by atoms with Crippen molar-refractivity contribution in [2.24, 2.45) is 5.92 Å². The van der Waals surface area contributed by atoms with Gasteiger partial charge >= 0.3 is 6.18 Å². The summed E-state index contributed by atoms with van der Waals surface area (Å²) in [6.45, 7) is 6.40. The monoisotopic (exact) mass is 460 g/mol. The molecule has 176 valence electrons. The summed E-state index contributed by atoms with van der Waals surface area (Å²) in [4.78, 5) is 35.3. The van der Waals surface area contributed by atoms with E-state index in [1.807, 2.05) is 36.9 Å². The van der Waals surface area contributed by atoms with Crippen LogP contribution >= 0.6 is 0 Å². The second-order valence-corrected chi connectivity index (χ2v) is 8.69. The van der Waals surface area contributed by atoms with Crippen molar-refractivity contribution in [3.63, 3.8) is 0 Å². The van der Waals surface area contributed by atoms with Gasteiger partial charge in [-0.3, -0.25) is 9.59 Å². The molecule has 1 aromatic heterocycles. The van der Waals surface area contributed by atoms with Gasteiger partial charge in [-0.25, -0.2) is 4.98 Å². The Kier molecular flexibility index (Phi) is 6.32. The van der Waals surface area contributed by atoms with Crippen LogP contribution in [0.5, 0.6) is 0 Å². The highest BCUT2D eigenvalue weighted by atomic mass is 19.4. The van der Waals surface area contributed by atoms with Gasteiger partial charge in [0, 0.05) is 51.0 Å². The number of aryl methyl sites for hydroxylation is 1. The quantitative estimate of drug-likeness (QED) is 0.699. The molecule has 0 radical (unpaired) electrons. The number of rotatable bonds is 3. The van der Waals surface area contributed by atoms with Crippen molar-refractivity contribution in [3.05, 3.63) is 53.2 Å². The first-order valence-corrected chi connectivity index (χ1v) is 11.1. The molecule has 2 aromatic rings. The Balaban J connectivity index is 1.40. The number of nitrogens with zero attached hydrogens (tertiary/aromatic N) is 4. The van der Waals surface area contributed by atoms with E-state index in [1.165, 1.54) is 6.07 Å². The number of carbonyl (C=O) groups is 2. The third-order valence-electron chi connectivity index (χ3n) is 6.55. The van der Waals surface area contributed by atoms with Gasteiger partial charge in [-0.15, -0.1) is 0 Å². The average molecular weight is 461 g/mol. The number of benzene rings is 1. The van der Waals surface area contributed by atoms with Crippen LogP contribution in [0.4, 0.5) is 24.7 Å². The van der Waals surface area contributed by atoms with Gasteiger partial charge in [0.2, 0.25) is 11.8 Å². The molecule has 0 bridgehead atoms. The van der Waals surface area contributed by atoms with Crippen molar-refractivity contribution < 1.29 is 22.8 Å². The highest BCUT2D eigenvalue weighted by Crippen LogP contribution is 2.31. The fourth-order valence-electron chi connectivity index (χ4n) is 4.50. The topological polar surface area (TPSA) is 56.8 Å². The predicted molar refractivity (Wildman–Crippen MR) is 119 cm³/mol. The Morgan fingerprint density at radius 2 is 1.85 bits per heavy atom. The standard InChI is InChI=1S/C24H27F3N4O2/c1-16-5-3-6-20(17(16)2)31-15-18(13-22(31)32)23(33)30-10-4-9-29(11-12-30)21-8-7-19(14-28-21)24(25,26)27/h3,5-8,14,18H,4,9-13,15H2,1-2H3/t18-/m1/s1. The molecule has 0 unspecified atom stereocenters. The average Bonchev–Trinajstić information content (AvgIpc) is 3.00. The van der Waals surface area contributed by atoms with E-state index in [0.717, 1.165) is 29.1 Å². The number of anilines is 2. The van der Waals surface area contributed by atoms with E-state index < -0.39 is 17.7 Å². The molecular weight excluding hydrogens is 433 g/mol. The van der Waals surface area contributed by atoms with E-state index in [2.05, 4.69) is 4.98 Å². The molecule has 1 atom stereocenters.